The van der Waals surface area contributed by atoms with Crippen LogP contribution in [0.3, 0.4) is 0 Å². The van der Waals surface area contributed by atoms with Gasteiger partial charge in [0.15, 0.2) is 0 Å². The number of halogens is 2. The molecule has 0 saturated heterocycles. The molecule has 0 radical (unpaired) electrons. The average Bonchev–Trinajstić information content (AvgIpc) is 2.20. The minimum Gasteiger partial charge on any atom is -0.493 e. The molecule has 0 fully saturated rings. The van der Waals surface area contributed by atoms with E-state index in [9.17, 15) is 0 Å². The summed E-state index contributed by atoms with van der Waals surface area (Å²) >= 11 is 11.6. The third kappa shape index (κ3) is 3.39. The van der Waals surface area contributed by atoms with Gasteiger partial charge in [0.2, 0.25) is 0 Å². The molecule has 0 saturated carbocycles. The summed E-state index contributed by atoms with van der Waals surface area (Å²) in [5.74, 6) is 1.28. The third-order valence-electron chi connectivity index (χ3n) is 1.92. The monoisotopic (exact) mass is 232 g/mol. The predicted molar refractivity (Wildman–Crippen MR) is 61.4 cm³/mol. The second kappa shape index (κ2) is 6.15. The van der Waals surface area contributed by atoms with Gasteiger partial charge in [0, 0.05) is 10.6 Å². The second-order valence-electron chi connectivity index (χ2n) is 3.09. The summed E-state index contributed by atoms with van der Waals surface area (Å²) in [5.41, 5.74) is 0.954. The van der Waals surface area contributed by atoms with E-state index in [-0.39, 0.29) is 0 Å². The molecule has 1 aromatic rings. The fraction of sp³-hybridized carbons (Fsp3) is 0.455. The van der Waals surface area contributed by atoms with Crippen molar-refractivity contribution < 1.29 is 4.74 Å². The number of ether oxygens (including phenoxy) is 1. The lowest BCUT2D eigenvalue weighted by Gasteiger charge is -2.09. The highest BCUT2D eigenvalue weighted by Gasteiger charge is 2.02. The second-order valence-corrected chi connectivity index (χ2v) is 3.79. The van der Waals surface area contributed by atoms with Crippen LogP contribution in [0.5, 0.6) is 5.75 Å². The molecule has 1 aromatic carbocycles. The predicted octanol–water partition coefficient (Wildman–Crippen LogP) is 4.26. The van der Waals surface area contributed by atoms with Crippen LogP contribution < -0.4 is 4.74 Å². The molecule has 0 amide bonds. The molecule has 14 heavy (non-hydrogen) atoms. The van der Waals surface area contributed by atoms with E-state index in [1.165, 1.54) is 0 Å². The van der Waals surface area contributed by atoms with Gasteiger partial charge in [-0.1, -0.05) is 24.9 Å². The summed E-state index contributed by atoms with van der Waals surface area (Å²) in [7, 11) is 0. The lowest BCUT2D eigenvalue weighted by atomic mass is 10.2. The molecular weight excluding hydrogens is 219 g/mol. The fourth-order valence-electron chi connectivity index (χ4n) is 1.12. The van der Waals surface area contributed by atoms with Gasteiger partial charge < -0.3 is 4.74 Å². The first-order valence-electron chi connectivity index (χ1n) is 4.75. The maximum atomic E-state index is 5.84. The van der Waals surface area contributed by atoms with Gasteiger partial charge in [-0.3, -0.25) is 0 Å². The minimum absolute atomic E-state index is 0.433. The molecule has 1 rings (SSSR count). The largest absolute Gasteiger partial charge is 0.493 e. The zero-order valence-electron chi connectivity index (χ0n) is 8.22. The van der Waals surface area contributed by atoms with Crippen molar-refractivity contribution >= 4 is 23.2 Å². The molecule has 0 unspecified atom stereocenters. The van der Waals surface area contributed by atoms with Crippen LogP contribution >= 0.6 is 23.2 Å². The molecule has 0 atom stereocenters. The normalized spacial score (nSPS) is 10.2. The van der Waals surface area contributed by atoms with Crippen molar-refractivity contribution in [2.75, 3.05) is 6.61 Å². The molecule has 0 aliphatic carbocycles. The zero-order chi connectivity index (χ0) is 10.4. The maximum absolute atomic E-state index is 5.84. The highest BCUT2D eigenvalue weighted by atomic mass is 35.5. The summed E-state index contributed by atoms with van der Waals surface area (Å²) in [4.78, 5) is 0. The molecule has 1 nitrogen and oxygen atoms in total. The zero-order valence-corrected chi connectivity index (χ0v) is 9.74. The first kappa shape index (κ1) is 11.7. The Labute approximate surface area is 95.0 Å². The molecule has 0 aliphatic rings. The Hall–Kier alpha value is -0.400. The molecule has 0 aliphatic heterocycles. The van der Waals surface area contributed by atoms with Crippen LogP contribution in [0.1, 0.15) is 25.3 Å². The molecule has 78 valence electrons. The van der Waals surface area contributed by atoms with E-state index in [0.717, 1.165) is 30.8 Å². The highest BCUT2D eigenvalue weighted by molar-refractivity contribution is 6.30. The topological polar surface area (TPSA) is 9.23 Å². The maximum Gasteiger partial charge on any atom is 0.123 e. The van der Waals surface area contributed by atoms with Gasteiger partial charge in [-0.15, -0.1) is 11.6 Å². The van der Waals surface area contributed by atoms with Crippen LogP contribution in [-0.4, -0.2) is 6.61 Å². The quantitative estimate of drug-likeness (QED) is 0.545. The lowest BCUT2D eigenvalue weighted by Crippen LogP contribution is -1.98. The standard InChI is InChI=1S/C11H14Cl2O/c1-2-3-6-14-11-5-4-10(13)7-9(11)8-12/h4-5,7H,2-3,6,8H2,1H3. The van der Waals surface area contributed by atoms with Gasteiger partial charge in [-0.2, -0.15) is 0 Å². The molecule has 0 spiro atoms. The first-order valence-corrected chi connectivity index (χ1v) is 5.66. The summed E-state index contributed by atoms with van der Waals surface area (Å²) in [5, 5.41) is 0.698. The van der Waals surface area contributed by atoms with E-state index in [4.69, 9.17) is 27.9 Å². The van der Waals surface area contributed by atoms with Crippen LogP contribution in [-0.2, 0) is 5.88 Å². The van der Waals surface area contributed by atoms with Crippen LogP contribution in [0, 0.1) is 0 Å². The van der Waals surface area contributed by atoms with Crippen molar-refractivity contribution in [3.05, 3.63) is 28.8 Å². The van der Waals surface area contributed by atoms with Crippen molar-refractivity contribution in [2.45, 2.75) is 25.6 Å². The number of hydrogen-bond acceptors (Lipinski definition) is 1. The molecule has 0 N–H and O–H groups in total. The minimum atomic E-state index is 0.433. The summed E-state index contributed by atoms with van der Waals surface area (Å²) < 4.78 is 5.58. The van der Waals surface area contributed by atoms with Gasteiger partial charge in [0.1, 0.15) is 5.75 Å². The molecule has 0 heterocycles. The van der Waals surface area contributed by atoms with Crippen molar-refractivity contribution in [1.82, 2.24) is 0 Å². The third-order valence-corrected chi connectivity index (χ3v) is 2.44. The van der Waals surface area contributed by atoms with Gasteiger partial charge in [0.05, 0.1) is 12.5 Å². The Bertz CT molecular complexity index is 287. The van der Waals surface area contributed by atoms with Gasteiger partial charge in [0.25, 0.3) is 0 Å². The first-order chi connectivity index (χ1) is 6.77. The van der Waals surface area contributed by atoms with Gasteiger partial charge in [-0.25, -0.2) is 0 Å². The lowest BCUT2D eigenvalue weighted by molar-refractivity contribution is 0.307. The Morgan fingerprint density at radius 3 is 2.79 bits per heavy atom. The number of unbranched alkanes of at least 4 members (excludes halogenated alkanes) is 1. The van der Waals surface area contributed by atoms with Crippen molar-refractivity contribution in [1.29, 1.82) is 0 Å². The number of benzene rings is 1. The molecular formula is C11H14Cl2O. The van der Waals surface area contributed by atoms with E-state index < -0.39 is 0 Å². The van der Waals surface area contributed by atoms with E-state index in [0.29, 0.717) is 10.9 Å². The summed E-state index contributed by atoms with van der Waals surface area (Å²) in [6.07, 6.45) is 2.19. The molecule has 3 heteroatoms. The van der Waals surface area contributed by atoms with Crippen LogP contribution in [0.4, 0.5) is 0 Å². The number of hydrogen-bond donors (Lipinski definition) is 0. The van der Waals surface area contributed by atoms with Crippen LogP contribution in [0.15, 0.2) is 18.2 Å². The van der Waals surface area contributed by atoms with E-state index >= 15 is 0 Å². The number of alkyl halides is 1. The van der Waals surface area contributed by atoms with Crippen molar-refractivity contribution in [3.8, 4) is 5.75 Å². The van der Waals surface area contributed by atoms with Crippen LogP contribution in [0.25, 0.3) is 0 Å². The van der Waals surface area contributed by atoms with Crippen molar-refractivity contribution in [3.63, 3.8) is 0 Å². The summed E-state index contributed by atoms with van der Waals surface area (Å²) in [6.45, 7) is 2.87. The smallest absolute Gasteiger partial charge is 0.123 e. The van der Waals surface area contributed by atoms with Crippen molar-refractivity contribution in [2.24, 2.45) is 0 Å². The SMILES string of the molecule is CCCCOc1ccc(Cl)cc1CCl. The fourth-order valence-corrected chi connectivity index (χ4v) is 1.52. The Morgan fingerprint density at radius 1 is 1.36 bits per heavy atom. The van der Waals surface area contributed by atoms with E-state index in [1.807, 2.05) is 18.2 Å². The van der Waals surface area contributed by atoms with E-state index in [2.05, 4.69) is 6.92 Å². The number of rotatable bonds is 5. The Kier molecular flexibility index (Phi) is 5.13. The molecule has 0 bridgehead atoms. The van der Waals surface area contributed by atoms with Gasteiger partial charge in [-0.05, 0) is 24.6 Å². The summed E-state index contributed by atoms with van der Waals surface area (Å²) in [6, 6.07) is 5.53. The Balaban J connectivity index is 2.65. The van der Waals surface area contributed by atoms with Crippen LogP contribution in [0.2, 0.25) is 5.02 Å². The molecule has 0 aromatic heterocycles. The Morgan fingerprint density at radius 2 is 2.14 bits per heavy atom. The average molecular weight is 233 g/mol. The van der Waals surface area contributed by atoms with Gasteiger partial charge >= 0.3 is 0 Å². The highest BCUT2D eigenvalue weighted by Crippen LogP contribution is 2.24. The van der Waals surface area contributed by atoms with E-state index in [1.54, 1.807) is 0 Å².